The molecule has 2 rings (SSSR count). The Morgan fingerprint density at radius 3 is 2.33 bits per heavy atom. The van der Waals surface area contributed by atoms with Gasteiger partial charge in [-0.1, -0.05) is 19.3 Å². The van der Waals surface area contributed by atoms with Crippen LogP contribution in [0.15, 0.2) is 11.5 Å². The second-order valence-electron chi connectivity index (χ2n) is 5.68. The quantitative estimate of drug-likeness (QED) is 0.790. The number of nitrogens with zero attached hydrogens (tertiary/aromatic N) is 1. The lowest BCUT2D eigenvalue weighted by Crippen LogP contribution is -2.39. The van der Waals surface area contributed by atoms with Crippen LogP contribution in [0.1, 0.15) is 44.9 Å². The number of rotatable bonds is 4. The van der Waals surface area contributed by atoms with E-state index in [9.17, 15) is 18.0 Å². The molecule has 1 saturated carbocycles. The molecule has 2 aliphatic rings. The van der Waals surface area contributed by atoms with Gasteiger partial charge in [0, 0.05) is 18.0 Å². The molecule has 6 nitrogen and oxygen atoms in total. The maximum atomic E-state index is 12.1. The lowest BCUT2D eigenvalue weighted by molar-refractivity contribution is -0.146. The highest BCUT2D eigenvalue weighted by atomic mass is 32.2. The van der Waals surface area contributed by atoms with Crippen LogP contribution in [0.25, 0.3) is 0 Å². The molecule has 1 N–H and O–H groups in total. The van der Waals surface area contributed by atoms with E-state index in [-0.39, 0.29) is 0 Å². The Labute approximate surface area is 124 Å². The van der Waals surface area contributed by atoms with Crippen LogP contribution >= 0.6 is 0 Å². The lowest BCUT2D eigenvalue weighted by Gasteiger charge is -2.21. The van der Waals surface area contributed by atoms with E-state index in [0.29, 0.717) is 32.2 Å². The van der Waals surface area contributed by atoms with Crippen molar-refractivity contribution in [2.75, 3.05) is 6.54 Å². The first-order valence-corrected chi connectivity index (χ1v) is 8.98. The van der Waals surface area contributed by atoms with Crippen molar-refractivity contribution < 1.29 is 23.1 Å². The summed E-state index contributed by atoms with van der Waals surface area (Å²) in [6.45, 7) is 0.365. The summed E-state index contributed by atoms with van der Waals surface area (Å²) in [5.74, 6) is -1.57. The average molecular weight is 315 g/mol. The van der Waals surface area contributed by atoms with Gasteiger partial charge in [-0.2, -0.15) is 0 Å². The molecular formula is C14H21NO5S. The van der Waals surface area contributed by atoms with Gasteiger partial charge in [0.2, 0.25) is 5.91 Å². The Balaban J connectivity index is 2.02. The summed E-state index contributed by atoms with van der Waals surface area (Å²) in [7, 11) is -3.42. The van der Waals surface area contributed by atoms with Gasteiger partial charge in [0.05, 0.1) is 5.25 Å². The summed E-state index contributed by atoms with van der Waals surface area (Å²) < 4.78 is 24.3. The predicted molar refractivity (Wildman–Crippen MR) is 77.3 cm³/mol. The summed E-state index contributed by atoms with van der Waals surface area (Å²) in [6, 6.07) is -0.834. The van der Waals surface area contributed by atoms with E-state index in [2.05, 4.69) is 0 Å². The zero-order chi connectivity index (χ0) is 15.5. The van der Waals surface area contributed by atoms with E-state index in [1.54, 1.807) is 0 Å². The van der Waals surface area contributed by atoms with E-state index in [1.165, 1.54) is 4.90 Å². The van der Waals surface area contributed by atoms with Gasteiger partial charge < -0.3 is 10.0 Å². The maximum Gasteiger partial charge on any atom is 0.326 e. The number of carbonyl (C=O) groups excluding carboxylic acids is 1. The van der Waals surface area contributed by atoms with Crippen LogP contribution in [0, 0.1) is 0 Å². The summed E-state index contributed by atoms with van der Waals surface area (Å²) in [4.78, 5) is 24.3. The molecule has 7 heteroatoms. The van der Waals surface area contributed by atoms with Crippen LogP contribution in [0.4, 0.5) is 0 Å². The number of hydrogen-bond donors (Lipinski definition) is 1. The van der Waals surface area contributed by atoms with Crippen LogP contribution in [-0.2, 0) is 19.4 Å². The highest BCUT2D eigenvalue weighted by molar-refractivity contribution is 7.94. The largest absolute Gasteiger partial charge is 0.480 e. The molecule has 1 amide bonds. The van der Waals surface area contributed by atoms with Crippen molar-refractivity contribution in [3.8, 4) is 0 Å². The number of likely N-dealkylation sites (tertiary alicyclic amines) is 1. The minimum Gasteiger partial charge on any atom is -0.480 e. The highest BCUT2D eigenvalue weighted by Crippen LogP contribution is 2.25. The van der Waals surface area contributed by atoms with E-state index in [0.717, 1.165) is 30.7 Å². The standard InChI is InChI=1S/C14H21NO5S/c16-13(15-9-4-7-12(15)14(17)18)8-10-21(19,20)11-5-2-1-3-6-11/h8,10-12H,1-7,9H2,(H,17,18)/b10-8+/t12-/m0/s1. The van der Waals surface area contributed by atoms with E-state index >= 15 is 0 Å². The molecule has 0 unspecified atom stereocenters. The van der Waals surface area contributed by atoms with Gasteiger partial charge in [-0.15, -0.1) is 0 Å². The van der Waals surface area contributed by atoms with Crippen molar-refractivity contribution in [1.82, 2.24) is 4.90 Å². The van der Waals surface area contributed by atoms with Gasteiger partial charge in [0.25, 0.3) is 0 Å². The maximum absolute atomic E-state index is 12.1. The minimum atomic E-state index is -3.42. The second-order valence-corrected chi connectivity index (χ2v) is 7.80. The SMILES string of the molecule is O=C(O)[C@@H]1CCCN1C(=O)/C=C/S(=O)(=O)C1CCCCC1. The molecule has 0 aromatic rings. The molecule has 21 heavy (non-hydrogen) atoms. The number of aliphatic carboxylic acids is 1. The third-order valence-electron chi connectivity index (χ3n) is 4.24. The van der Waals surface area contributed by atoms with Gasteiger partial charge in [0.1, 0.15) is 6.04 Å². The number of carboxylic acid groups (broad SMARTS) is 1. The molecular weight excluding hydrogens is 294 g/mol. The van der Waals surface area contributed by atoms with Gasteiger partial charge in [-0.3, -0.25) is 4.79 Å². The topological polar surface area (TPSA) is 91.8 Å². The summed E-state index contributed by atoms with van der Waals surface area (Å²) in [5, 5.41) is 9.60. The smallest absolute Gasteiger partial charge is 0.326 e. The van der Waals surface area contributed by atoms with E-state index < -0.39 is 33.0 Å². The van der Waals surface area contributed by atoms with Crippen molar-refractivity contribution in [2.45, 2.75) is 56.2 Å². The van der Waals surface area contributed by atoms with Gasteiger partial charge >= 0.3 is 5.97 Å². The Morgan fingerprint density at radius 2 is 1.71 bits per heavy atom. The van der Waals surface area contributed by atoms with Crippen molar-refractivity contribution in [2.24, 2.45) is 0 Å². The normalized spacial score (nSPS) is 24.6. The molecule has 0 radical (unpaired) electrons. The molecule has 0 aromatic carbocycles. The number of carboxylic acids is 1. The first-order chi connectivity index (χ1) is 9.92. The molecule has 1 aliphatic heterocycles. The molecule has 118 valence electrons. The highest BCUT2D eigenvalue weighted by Gasteiger charge is 2.33. The number of carbonyl (C=O) groups is 2. The molecule has 2 fully saturated rings. The van der Waals surface area contributed by atoms with Crippen molar-refractivity contribution in [3.05, 3.63) is 11.5 Å². The first kappa shape index (κ1) is 16.0. The van der Waals surface area contributed by atoms with E-state index in [1.807, 2.05) is 0 Å². The Morgan fingerprint density at radius 1 is 1.05 bits per heavy atom. The Bertz CT molecular complexity index is 534. The molecule has 0 bridgehead atoms. The Hall–Kier alpha value is -1.37. The van der Waals surface area contributed by atoms with Crippen molar-refractivity contribution in [1.29, 1.82) is 0 Å². The average Bonchev–Trinajstić information content (AvgIpc) is 2.95. The van der Waals surface area contributed by atoms with Crippen LogP contribution in [0.3, 0.4) is 0 Å². The van der Waals surface area contributed by atoms with Crippen LogP contribution in [0.2, 0.25) is 0 Å². The third kappa shape index (κ3) is 3.84. The number of hydrogen-bond acceptors (Lipinski definition) is 4. The van der Waals surface area contributed by atoms with Crippen LogP contribution in [-0.4, -0.2) is 48.1 Å². The molecule has 0 aromatic heterocycles. The first-order valence-electron chi connectivity index (χ1n) is 7.37. The summed E-state index contributed by atoms with van der Waals surface area (Å²) in [6.07, 6.45) is 6.21. The molecule has 1 saturated heterocycles. The number of amides is 1. The van der Waals surface area contributed by atoms with Crippen LogP contribution < -0.4 is 0 Å². The molecule has 1 heterocycles. The zero-order valence-corrected chi connectivity index (χ0v) is 12.7. The van der Waals surface area contributed by atoms with Crippen molar-refractivity contribution in [3.63, 3.8) is 0 Å². The fourth-order valence-corrected chi connectivity index (χ4v) is 4.56. The van der Waals surface area contributed by atoms with Gasteiger partial charge in [-0.05, 0) is 25.7 Å². The van der Waals surface area contributed by atoms with Crippen LogP contribution in [0.5, 0.6) is 0 Å². The fraction of sp³-hybridized carbons (Fsp3) is 0.714. The zero-order valence-electron chi connectivity index (χ0n) is 11.9. The van der Waals surface area contributed by atoms with E-state index in [4.69, 9.17) is 5.11 Å². The van der Waals surface area contributed by atoms with Crippen molar-refractivity contribution >= 4 is 21.7 Å². The minimum absolute atomic E-state index is 0.365. The van der Waals surface area contributed by atoms with Gasteiger partial charge in [-0.25, -0.2) is 13.2 Å². The fourth-order valence-electron chi connectivity index (χ4n) is 3.04. The molecule has 0 spiro atoms. The van der Waals surface area contributed by atoms with Gasteiger partial charge in [0.15, 0.2) is 9.84 Å². The molecule has 1 atom stereocenters. The summed E-state index contributed by atoms with van der Waals surface area (Å²) in [5.41, 5.74) is 0. The molecule has 1 aliphatic carbocycles. The summed E-state index contributed by atoms with van der Waals surface area (Å²) >= 11 is 0. The monoisotopic (exact) mass is 315 g/mol. The number of sulfone groups is 1. The second kappa shape index (κ2) is 6.60. The lowest BCUT2D eigenvalue weighted by atomic mass is 10.0. The third-order valence-corrected chi connectivity index (χ3v) is 6.15. The Kier molecular flexibility index (Phi) is 5.03. The predicted octanol–water partition coefficient (Wildman–Crippen LogP) is 1.32.